The van der Waals surface area contributed by atoms with Gasteiger partial charge in [-0.05, 0) is 24.6 Å². The van der Waals surface area contributed by atoms with Gasteiger partial charge in [0.05, 0.1) is 26.4 Å². The molecule has 0 atom stereocenters. The second-order valence-electron chi connectivity index (χ2n) is 5.46. The van der Waals surface area contributed by atoms with E-state index in [0.29, 0.717) is 63.1 Å². The van der Waals surface area contributed by atoms with Crippen molar-refractivity contribution in [2.45, 2.75) is 32.6 Å². The standard InChI is InChI=1S/C18H26O5/c1-2-3-4-5-16(19)15-6-7-17-18(14-15)23-13-11-21-9-8-20-10-12-22-17/h6-7,14H,2-5,8-13H2,1H3. The Morgan fingerprint density at radius 2 is 1.57 bits per heavy atom. The molecule has 0 amide bonds. The van der Waals surface area contributed by atoms with E-state index in [1.807, 2.05) is 0 Å². The molecular weight excluding hydrogens is 296 g/mol. The summed E-state index contributed by atoms with van der Waals surface area (Å²) >= 11 is 0. The Balaban J connectivity index is 2.04. The predicted molar refractivity (Wildman–Crippen MR) is 87.5 cm³/mol. The van der Waals surface area contributed by atoms with Crippen LogP contribution in [-0.4, -0.2) is 45.4 Å². The molecule has 0 N–H and O–H groups in total. The number of ketones is 1. The Bertz CT molecular complexity index is 486. The van der Waals surface area contributed by atoms with Crippen LogP contribution in [0, 0.1) is 0 Å². The molecule has 0 fully saturated rings. The molecule has 1 aromatic rings. The zero-order valence-corrected chi connectivity index (χ0v) is 13.8. The van der Waals surface area contributed by atoms with Gasteiger partial charge in [-0.2, -0.15) is 0 Å². The zero-order chi connectivity index (χ0) is 16.3. The lowest BCUT2D eigenvalue weighted by Gasteiger charge is -2.15. The van der Waals surface area contributed by atoms with Crippen LogP contribution in [0.1, 0.15) is 43.0 Å². The van der Waals surface area contributed by atoms with Gasteiger partial charge in [0.1, 0.15) is 13.2 Å². The fraction of sp³-hybridized carbons (Fsp3) is 0.611. The monoisotopic (exact) mass is 322 g/mol. The molecule has 0 radical (unpaired) electrons. The second kappa shape index (κ2) is 10.2. The van der Waals surface area contributed by atoms with Gasteiger partial charge in [-0.1, -0.05) is 19.8 Å². The van der Waals surface area contributed by atoms with Crippen molar-refractivity contribution < 1.29 is 23.7 Å². The molecule has 0 spiro atoms. The smallest absolute Gasteiger partial charge is 0.163 e. The molecule has 1 aromatic carbocycles. The molecule has 0 saturated carbocycles. The average Bonchev–Trinajstić information content (AvgIpc) is 2.55. The van der Waals surface area contributed by atoms with Crippen molar-refractivity contribution in [2.24, 2.45) is 0 Å². The highest BCUT2D eigenvalue weighted by Crippen LogP contribution is 2.29. The van der Waals surface area contributed by atoms with Crippen molar-refractivity contribution in [3.05, 3.63) is 23.8 Å². The van der Waals surface area contributed by atoms with Gasteiger partial charge in [-0.15, -0.1) is 0 Å². The van der Waals surface area contributed by atoms with Gasteiger partial charge in [-0.25, -0.2) is 0 Å². The minimum atomic E-state index is 0.149. The lowest BCUT2D eigenvalue weighted by Crippen LogP contribution is -2.16. The quantitative estimate of drug-likeness (QED) is 0.615. The van der Waals surface area contributed by atoms with Gasteiger partial charge in [0, 0.05) is 12.0 Å². The van der Waals surface area contributed by atoms with E-state index in [1.54, 1.807) is 18.2 Å². The van der Waals surface area contributed by atoms with E-state index < -0.39 is 0 Å². The normalized spacial score (nSPS) is 16.2. The second-order valence-corrected chi connectivity index (χ2v) is 5.46. The van der Waals surface area contributed by atoms with Gasteiger partial charge in [0.25, 0.3) is 0 Å². The van der Waals surface area contributed by atoms with Crippen molar-refractivity contribution in [2.75, 3.05) is 39.6 Å². The van der Waals surface area contributed by atoms with E-state index in [-0.39, 0.29) is 5.78 Å². The van der Waals surface area contributed by atoms with Crippen molar-refractivity contribution in [3.63, 3.8) is 0 Å². The summed E-state index contributed by atoms with van der Waals surface area (Å²) in [6.45, 7) is 5.08. The van der Waals surface area contributed by atoms with Crippen LogP contribution in [-0.2, 0) is 9.47 Å². The number of Topliss-reactive ketones (excluding diaryl/α,β-unsaturated/α-hetero) is 1. The minimum Gasteiger partial charge on any atom is -0.487 e. The molecule has 0 aliphatic carbocycles. The Kier molecular flexibility index (Phi) is 7.90. The molecule has 1 aliphatic heterocycles. The SMILES string of the molecule is CCCCCC(=O)c1ccc2c(c1)OCCOCCOCCO2. The first-order chi connectivity index (χ1) is 11.3. The molecule has 1 aliphatic rings. The highest BCUT2D eigenvalue weighted by molar-refractivity contribution is 5.96. The lowest BCUT2D eigenvalue weighted by atomic mass is 10.0. The average molecular weight is 322 g/mol. The third kappa shape index (κ3) is 6.20. The molecule has 128 valence electrons. The highest BCUT2D eigenvalue weighted by atomic mass is 16.6. The van der Waals surface area contributed by atoms with Crippen molar-refractivity contribution in [1.29, 1.82) is 0 Å². The number of carbonyl (C=O) groups excluding carboxylic acids is 1. The number of rotatable bonds is 5. The van der Waals surface area contributed by atoms with Crippen LogP contribution < -0.4 is 9.47 Å². The summed E-state index contributed by atoms with van der Waals surface area (Å²) in [5.74, 6) is 1.38. The topological polar surface area (TPSA) is 54.0 Å². The largest absolute Gasteiger partial charge is 0.487 e. The molecule has 0 bridgehead atoms. The van der Waals surface area contributed by atoms with E-state index in [1.165, 1.54) is 0 Å². The first-order valence-corrected chi connectivity index (χ1v) is 8.39. The maximum absolute atomic E-state index is 12.2. The van der Waals surface area contributed by atoms with Gasteiger partial charge in [0.15, 0.2) is 17.3 Å². The van der Waals surface area contributed by atoms with Gasteiger partial charge in [0.2, 0.25) is 0 Å². The zero-order valence-electron chi connectivity index (χ0n) is 13.8. The number of unbranched alkanes of at least 4 members (excludes halogenated alkanes) is 2. The maximum atomic E-state index is 12.2. The molecule has 0 aromatic heterocycles. The molecule has 1 heterocycles. The number of carbonyl (C=O) groups is 1. The number of hydrogen-bond donors (Lipinski definition) is 0. The van der Waals surface area contributed by atoms with Crippen LogP contribution in [0.5, 0.6) is 11.5 Å². The minimum absolute atomic E-state index is 0.149. The fourth-order valence-corrected chi connectivity index (χ4v) is 2.34. The molecule has 0 saturated heterocycles. The number of ether oxygens (including phenoxy) is 4. The van der Waals surface area contributed by atoms with Crippen LogP contribution in [0.25, 0.3) is 0 Å². The van der Waals surface area contributed by atoms with E-state index in [2.05, 4.69) is 6.92 Å². The van der Waals surface area contributed by atoms with Gasteiger partial charge in [-0.3, -0.25) is 4.79 Å². The summed E-state index contributed by atoms with van der Waals surface area (Å²) in [5.41, 5.74) is 0.674. The van der Waals surface area contributed by atoms with Crippen molar-refractivity contribution >= 4 is 5.78 Å². The molecule has 23 heavy (non-hydrogen) atoms. The Morgan fingerprint density at radius 1 is 0.913 bits per heavy atom. The van der Waals surface area contributed by atoms with Crippen LogP contribution >= 0.6 is 0 Å². The maximum Gasteiger partial charge on any atom is 0.163 e. The highest BCUT2D eigenvalue weighted by Gasteiger charge is 2.12. The number of benzene rings is 1. The van der Waals surface area contributed by atoms with Gasteiger partial charge < -0.3 is 18.9 Å². The Hall–Kier alpha value is -1.59. The van der Waals surface area contributed by atoms with Crippen molar-refractivity contribution in [1.82, 2.24) is 0 Å². The fourth-order valence-electron chi connectivity index (χ4n) is 2.34. The first kappa shape index (κ1) is 17.8. The third-order valence-corrected chi connectivity index (χ3v) is 3.62. The summed E-state index contributed by atoms with van der Waals surface area (Å²) in [5, 5.41) is 0. The number of hydrogen-bond acceptors (Lipinski definition) is 5. The van der Waals surface area contributed by atoms with Gasteiger partial charge >= 0.3 is 0 Å². The van der Waals surface area contributed by atoms with Crippen LogP contribution in [0.3, 0.4) is 0 Å². The Labute approximate surface area is 137 Å². The van der Waals surface area contributed by atoms with Crippen molar-refractivity contribution in [3.8, 4) is 11.5 Å². The van der Waals surface area contributed by atoms with E-state index in [4.69, 9.17) is 18.9 Å². The van der Waals surface area contributed by atoms with Crippen LogP contribution in [0.15, 0.2) is 18.2 Å². The molecule has 5 heteroatoms. The summed E-state index contributed by atoms with van der Waals surface area (Å²) < 4.78 is 22.2. The van der Waals surface area contributed by atoms with Crippen LogP contribution in [0.2, 0.25) is 0 Å². The lowest BCUT2D eigenvalue weighted by molar-refractivity contribution is 0.0223. The molecule has 0 unspecified atom stereocenters. The number of fused-ring (bicyclic) bond motifs is 1. The summed E-state index contributed by atoms with van der Waals surface area (Å²) in [6.07, 6.45) is 3.68. The van der Waals surface area contributed by atoms with E-state index >= 15 is 0 Å². The predicted octanol–water partition coefficient (Wildman–Crippen LogP) is 3.25. The third-order valence-electron chi connectivity index (χ3n) is 3.62. The summed E-state index contributed by atoms with van der Waals surface area (Å²) in [6, 6.07) is 5.38. The van der Waals surface area contributed by atoms with E-state index in [0.717, 1.165) is 19.3 Å². The Morgan fingerprint density at radius 3 is 2.26 bits per heavy atom. The molecule has 5 nitrogen and oxygen atoms in total. The van der Waals surface area contributed by atoms with Crippen LogP contribution in [0.4, 0.5) is 0 Å². The van der Waals surface area contributed by atoms with E-state index in [9.17, 15) is 4.79 Å². The molecule has 2 rings (SSSR count). The summed E-state index contributed by atoms with van der Waals surface area (Å²) in [4.78, 5) is 12.2. The summed E-state index contributed by atoms with van der Waals surface area (Å²) in [7, 11) is 0. The molecular formula is C18H26O5. The first-order valence-electron chi connectivity index (χ1n) is 8.39.